The summed E-state index contributed by atoms with van der Waals surface area (Å²) < 4.78 is 5.77. The molecule has 1 unspecified atom stereocenters. The number of para-hydroxylation sites is 1. The van der Waals surface area contributed by atoms with Crippen molar-refractivity contribution in [1.82, 2.24) is 0 Å². The first-order valence-corrected chi connectivity index (χ1v) is 7.71. The molecule has 2 rings (SSSR count). The molecule has 1 fully saturated rings. The normalized spacial score (nSPS) is 22.7. The zero-order valence-electron chi connectivity index (χ0n) is 11.5. The van der Waals surface area contributed by atoms with Crippen molar-refractivity contribution in [3.63, 3.8) is 0 Å². The van der Waals surface area contributed by atoms with E-state index in [1.165, 1.54) is 10.6 Å². The van der Waals surface area contributed by atoms with Crippen molar-refractivity contribution in [2.45, 2.75) is 50.2 Å². The molecule has 18 heavy (non-hydrogen) atoms. The van der Waals surface area contributed by atoms with Gasteiger partial charge in [0.15, 0.2) is 0 Å². The molecule has 1 saturated heterocycles. The van der Waals surface area contributed by atoms with E-state index in [0.29, 0.717) is 6.04 Å². The van der Waals surface area contributed by atoms with E-state index in [-0.39, 0.29) is 5.60 Å². The van der Waals surface area contributed by atoms with E-state index in [0.717, 1.165) is 25.2 Å². The van der Waals surface area contributed by atoms with Crippen LogP contribution in [0.3, 0.4) is 0 Å². The highest BCUT2D eigenvalue weighted by Crippen LogP contribution is 2.31. The molecule has 1 atom stereocenters. The Morgan fingerprint density at radius 2 is 2.17 bits per heavy atom. The van der Waals surface area contributed by atoms with Gasteiger partial charge in [0.2, 0.25) is 0 Å². The van der Waals surface area contributed by atoms with Crippen molar-refractivity contribution < 1.29 is 4.74 Å². The highest BCUT2D eigenvalue weighted by molar-refractivity contribution is 7.99. The average Bonchev–Trinajstić information content (AvgIpc) is 2.31. The molecule has 0 aliphatic carbocycles. The van der Waals surface area contributed by atoms with Crippen molar-refractivity contribution in [2.75, 3.05) is 17.7 Å². The van der Waals surface area contributed by atoms with Gasteiger partial charge in [-0.3, -0.25) is 0 Å². The van der Waals surface area contributed by atoms with E-state index < -0.39 is 0 Å². The van der Waals surface area contributed by atoms with Crippen LogP contribution in [0.2, 0.25) is 0 Å². The molecule has 3 heteroatoms. The number of thioether (sulfide) groups is 1. The van der Waals surface area contributed by atoms with Crippen molar-refractivity contribution >= 4 is 17.4 Å². The Hall–Kier alpha value is -0.670. The summed E-state index contributed by atoms with van der Waals surface area (Å²) in [6, 6.07) is 9.11. The van der Waals surface area contributed by atoms with Crippen molar-refractivity contribution in [3.8, 4) is 0 Å². The quantitative estimate of drug-likeness (QED) is 0.826. The third-order valence-corrected chi connectivity index (χ3v) is 4.20. The molecule has 1 aliphatic heterocycles. The van der Waals surface area contributed by atoms with Gasteiger partial charge in [-0.15, -0.1) is 11.8 Å². The molecule has 0 bridgehead atoms. The second kappa shape index (κ2) is 5.98. The highest BCUT2D eigenvalue weighted by Gasteiger charge is 2.28. The molecule has 1 heterocycles. The Labute approximate surface area is 114 Å². The molecule has 0 saturated carbocycles. The van der Waals surface area contributed by atoms with E-state index in [4.69, 9.17) is 4.74 Å². The maximum atomic E-state index is 5.77. The van der Waals surface area contributed by atoms with Crippen LogP contribution >= 0.6 is 11.8 Å². The molecule has 2 nitrogen and oxygen atoms in total. The molecule has 1 N–H and O–H groups in total. The summed E-state index contributed by atoms with van der Waals surface area (Å²) >= 11 is 1.90. The van der Waals surface area contributed by atoms with Gasteiger partial charge in [-0.05, 0) is 44.6 Å². The lowest BCUT2D eigenvalue weighted by Gasteiger charge is -2.36. The fourth-order valence-corrected chi connectivity index (χ4v) is 3.21. The summed E-state index contributed by atoms with van der Waals surface area (Å²) in [6.07, 6.45) is 2.16. The first-order chi connectivity index (χ1) is 8.61. The summed E-state index contributed by atoms with van der Waals surface area (Å²) in [5, 5.41) is 3.69. The summed E-state index contributed by atoms with van der Waals surface area (Å²) in [5.41, 5.74) is 1.27. The Bertz CT molecular complexity index is 392. The number of hydrogen-bond acceptors (Lipinski definition) is 3. The zero-order chi connectivity index (χ0) is 13.0. The minimum absolute atomic E-state index is 0.00274. The van der Waals surface area contributed by atoms with Gasteiger partial charge in [0, 0.05) is 23.2 Å². The molecular weight excluding hydrogens is 242 g/mol. The van der Waals surface area contributed by atoms with Gasteiger partial charge in [-0.1, -0.05) is 19.1 Å². The predicted molar refractivity (Wildman–Crippen MR) is 79.5 cm³/mol. The molecule has 0 spiro atoms. The third-order valence-electron chi connectivity index (χ3n) is 3.24. The van der Waals surface area contributed by atoms with Crippen LogP contribution in [0.1, 0.15) is 33.6 Å². The average molecular weight is 265 g/mol. The second-order valence-corrected chi connectivity index (χ2v) is 6.68. The number of hydrogen-bond donors (Lipinski definition) is 1. The van der Waals surface area contributed by atoms with Crippen LogP contribution in [0.5, 0.6) is 0 Å². The van der Waals surface area contributed by atoms with Gasteiger partial charge in [-0.25, -0.2) is 0 Å². The second-order valence-electron chi connectivity index (χ2n) is 5.37. The minimum atomic E-state index is 0.00274. The fraction of sp³-hybridized carbons (Fsp3) is 0.600. The van der Waals surface area contributed by atoms with Gasteiger partial charge >= 0.3 is 0 Å². The molecular formula is C15H23NOS. The monoisotopic (exact) mass is 265 g/mol. The maximum absolute atomic E-state index is 5.77. The van der Waals surface area contributed by atoms with Crippen LogP contribution in [-0.4, -0.2) is 24.0 Å². The number of anilines is 1. The minimum Gasteiger partial charge on any atom is -0.381 e. The van der Waals surface area contributed by atoms with E-state index in [2.05, 4.69) is 50.4 Å². The van der Waals surface area contributed by atoms with Crippen molar-refractivity contribution in [2.24, 2.45) is 0 Å². The number of benzene rings is 1. The molecule has 0 aromatic heterocycles. The van der Waals surface area contributed by atoms with Crippen LogP contribution in [0, 0.1) is 0 Å². The zero-order valence-corrected chi connectivity index (χ0v) is 12.3. The summed E-state index contributed by atoms with van der Waals surface area (Å²) in [7, 11) is 0. The lowest BCUT2D eigenvalue weighted by Crippen LogP contribution is -2.40. The molecule has 0 amide bonds. The lowest BCUT2D eigenvalue weighted by molar-refractivity contribution is -0.0553. The summed E-state index contributed by atoms with van der Waals surface area (Å²) in [5.74, 6) is 1.11. The Morgan fingerprint density at radius 3 is 2.89 bits per heavy atom. The lowest BCUT2D eigenvalue weighted by atomic mass is 9.94. The van der Waals surface area contributed by atoms with Crippen LogP contribution in [0.25, 0.3) is 0 Å². The third kappa shape index (κ3) is 3.66. The van der Waals surface area contributed by atoms with Crippen molar-refractivity contribution in [3.05, 3.63) is 24.3 Å². The molecule has 1 aromatic carbocycles. The number of nitrogens with one attached hydrogen (secondary N) is 1. The standard InChI is InChI=1S/C15H23NOS/c1-4-18-14-8-6-5-7-13(14)16-12-9-10-17-15(2,3)11-12/h5-8,12,16H,4,9-11H2,1-3H3. The number of rotatable bonds is 4. The van der Waals surface area contributed by atoms with Gasteiger partial charge in [0.25, 0.3) is 0 Å². The van der Waals surface area contributed by atoms with Crippen LogP contribution in [0.4, 0.5) is 5.69 Å². The van der Waals surface area contributed by atoms with E-state index in [1.807, 2.05) is 11.8 Å². The first-order valence-electron chi connectivity index (χ1n) is 6.73. The number of ether oxygens (including phenoxy) is 1. The molecule has 1 aliphatic rings. The summed E-state index contributed by atoms with van der Waals surface area (Å²) in [4.78, 5) is 1.35. The molecule has 0 radical (unpaired) electrons. The van der Waals surface area contributed by atoms with E-state index in [9.17, 15) is 0 Å². The predicted octanol–water partition coefficient (Wildman–Crippen LogP) is 4.17. The first kappa shape index (κ1) is 13.8. The van der Waals surface area contributed by atoms with Gasteiger partial charge in [0.1, 0.15) is 0 Å². The Balaban J connectivity index is 2.04. The topological polar surface area (TPSA) is 21.3 Å². The van der Waals surface area contributed by atoms with Crippen molar-refractivity contribution in [1.29, 1.82) is 0 Å². The Morgan fingerprint density at radius 1 is 1.39 bits per heavy atom. The molecule has 1 aromatic rings. The van der Waals surface area contributed by atoms with E-state index in [1.54, 1.807) is 0 Å². The van der Waals surface area contributed by atoms with Gasteiger partial charge in [0.05, 0.1) is 5.60 Å². The van der Waals surface area contributed by atoms with Crippen LogP contribution in [-0.2, 0) is 4.74 Å². The highest BCUT2D eigenvalue weighted by atomic mass is 32.2. The SMILES string of the molecule is CCSc1ccccc1NC1CCOC(C)(C)C1. The van der Waals surface area contributed by atoms with E-state index >= 15 is 0 Å². The molecule has 100 valence electrons. The van der Waals surface area contributed by atoms with Gasteiger partial charge in [-0.2, -0.15) is 0 Å². The largest absolute Gasteiger partial charge is 0.381 e. The fourth-order valence-electron chi connectivity index (χ4n) is 2.44. The smallest absolute Gasteiger partial charge is 0.0646 e. The van der Waals surface area contributed by atoms with Crippen LogP contribution in [0.15, 0.2) is 29.2 Å². The van der Waals surface area contributed by atoms with Crippen LogP contribution < -0.4 is 5.32 Å². The van der Waals surface area contributed by atoms with Gasteiger partial charge < -0.3 is 10.1 Å². The summed E-state index contributed by atoms with van der Waals surface area (Å²) in [6.45, 7) is 7.40. The Kier molecular flexibility index (Phi) is 4.57. The maximum Gasteiger partial charge on any atom is 0.0646 e.